The van der Waals surface area contributed by atoms with Crippen molar-refractivity contribution in [1.82, 2.24) is 0 Å². The highest BCUT2D eigenvalue weighted by Gasteiger charge is 2.29. The van der Waals surface area contributed by atoms with Gasteiger partial charge in [-0.05, 0) is 51.8 Å². The fraction of sp³-hybridized carbons (Fsp3) is 0.615. The SMILES string of the molecule is CCC1=CC=[S+](C(C)C)(C(C)C)C=C1. The van der Waals surface area contributed by atoms with E-state index in [0.717, 1.165) is 16.9 Å². The van der Waals surface area contributed by atoms with Crippen LogP contribution in [0.3, 0.4) is 0 Å². The molecule has 0 radical (unpaired) electrons. The molecule has 1 heteroatoms. The molecule has 0 aromatic rings. The maximum absolute atomic E-state index is 2.49. The van der Waals surface area contributed by atoms with Crippen LogP contribution >= 0.6 is 0 Å². The third kappa shape index (κ3) is 2.03. The molecule has 80 valence electrons. The largest absolute Gasteiger partial charge is 0.0947 e. The van der Waals surface area contributed by atoms with Crippen molar-refractivity contribution in [3.8, 4) is 0 Å². The van der Waals surface area contributed by atoms with Gasteiger partial charge in [0, 0.05) is 0 Å². The summed E-state index contributed by atoms with van der Waals surface area (Å²) in [7, 11) is -0.656. The topological polar surface area (TPSA) is 0 Å². The normalized spacial score (nSPS) is 19.8. The molecule has 0 bridgehead atoms. The highest BCUT2D eigenvalue weighted by molar-refractivity contribution is 8.15. The van der Waals surface area contributed by atoms with Gasteiger partial charge in [0.1, 0.15) is 0 Å². The zero-order valence-corrected chi connectivity index (χ0v) is 10.9. The molecule has 0 fully saturated rings. The quantitative estimate of drug-likeness (QED) is 0.494. The Morgan fingerprint density at radius 1 is 1.14 bits per heavy atom. The van der Waals surface area contributed by atoms with Crippen LogP contribution in [-0.2, 0) is 9.62 Å². The molecule has 0 saturated heterocycles. The summed E-state index contributed by atoms with van der Waals surface area (Å²) in [5, 5.41) is 6.49. The van der Waals surface area contributed by atoms with Crippen molar-refractivity contribution in [3.63, 3.8) is 0 Å². The van der Waals surface area contributed by atoms with Crippen molar-refractivity contribution in [1.29, 1.82) is 0 Å². The van der Waals surface area contributed by atoms with Gasteiger partial charge in [0.05, 0.1) is 21.3 Å². The van der Waals surface area contributed by atoms with Crippen LogP contribution in [0.4, 0.5) is 0 Å². The summed E-state index contributed by atoms with van der Waals surface area (Å²) in [5.74, 6) is 0. The van der Waals surface area contributed by atoms with Crippen molar-refractivity contribution in [2.45, 2.75) is 51.5 Å². The molecule has 0 aromatic heterocycles. The van der Waals surface area contributed by atoms with Crippen LogP contribution in [0.25, 0.3) is 0 Å². The maximum Gasteiger partial charge on any atom is 0.0839 e. The second-order valence-corrected chi connectivity index (χ2v) is 8.51. The van der Waals surface area contributed by atoms with Gasteiger partial charge < -0.3 is 0 Å². The monoisotopic (exact) mass is 211 g/mol. The Bertz CT molecular complexity index is 291. The lowest BCUT2D eigenvalue weighted by Gasteiger charge is -2.27. The first-order valence-electron chi connectivity index (χ1n) is 5.56. The van der Waals surface area contributed by atoms with Gasteiger partial charge in [-0.3, -0.25) is 0 Å². The molecule has 1 aliphatic heterocycles. The lowest BCUT2D eigenvalue weighted by Crippen LogP contribution is -2.32. The zero-order valence-electron chi connectivity index (χ0n) is 10.1. The molecule has 0 aromatic carbocycles. The highest BCUT2D eigenvalue weighted by atomic mass is 32.2. The smallest absolute Gasteiger partial charge is 0.0839 e. The number of rotatable bonds is 3. The summed E-state index contributed by atoms with van der Waals surface area (Å²) in [5.41, 5.74) is 1.47. The standard InChI is InChI=1S/C13H23S/c1-6-13-7-9-14(10-8-13,11(2)3)12(4)5/h7-12H,6H2,1-5H3/q+1. The molecule has 0 atom stereocenters. The first-order valence-corrected chi connectivity index (χ1v) is 7.44. The fourth-order valence-corrected chi connectivity index (χ4v) is 5.18. The van der Waals surface area contributed by atoms with Crippen LogP contribution in [0.15, 0.2) is 23.1 Å². The van der Waals surface area contributed by atoms with E-state index in [1.54, 1.807) is 0 Å². The molecule has 0 amide bonds. The van der Waals surface area contributed by atoms with Crippen LogP contribution in [-0.4, -0.2) is 15.9 Å². The molecule has 0 spiro atoms. The predicted octanol–water partition coefficient (Wildman–Crippen LogP) is 3.62. The summed E-state index contributed by atoms with van der Waals surface area (Å²) in [6.07, 6.45) is 5.84. The third-order valence-electron chi connectivity index (χ3n) is 3.08. The van der Waals surface area contributed by atoms with Crippen LogP contribution < -0.4 is 0 Å². The van der Waals surface area contributed by atoms with Crippen LogP contribution in [0.2, 0.25) is 0 Å². The molecule has 0 nitrogen and oxygen atoms in total. The molecular formula is C13H23S+. The van der Waals surface area contributed by atoms with Gasteiger partial charge in [0.2, 0.25) is 0 Å². The molecule has 1 rings (SSSR count). The van der Waals surface area contributed by atoms with Crippen LogP contribution in [0.1, 0.15) is 41.0 Å². The first-order chi connectivity index (χ1) is 6.53. The Morgan fingerprint density at radius 2 is 1.71 bits per heavy atom. The van der Waals surface area contributed by atoms with Gasteiger partial charge in [0.15, 0.2) is 0 Å². The van der Waals surface area contributed by atoms with E-state index in [1.807, 2.05) is 0 Å². The fourth-order valence-electron chi connectivity index (χ4n) is 1.92. The van der Waals surface area contributed by atoms with E-state index in [9.17, 15) is 0 Å². The van der Waals surface area contributed by atoms with E-state index < -0.39 is 9.62 Å². The molecule has 0 unspecified atom stereocenters. The van der Waals surface area contributed by atoms with Gasteiger partial charge in [-0.25, -0.2) is 0 Å². The number of hydrogen-bond acceptors (Lipinski definition) is 0. The van der Waals surface area contributed by atoms with Crippen molar-refractivity contribution in [2.75, 3.05) is 0 Å². The van der Waals surface area contributed by atoms with Crippen molar-refractivity contribution in [3.05, 3.63) is 23.1 Å². The molecule has 14 heavy (non-hydrogen) atoms. The second-order valence-electron chi connectivity index (χ2n) is 4.45. The zero-order chi connectivity index (χ0) is 10.8. The summed E-state index contributed by atoms with van der Waals surface area (Å²) >= 11 is 0. The van der Waals surface area contributed by atoms with Crippen LogP contribution in [0.5, 0.6) is 0 Å². The van der Waals surface area contributed by atoms with E-state index in [0.29, 0.717) is 0 Å². The summed E-state index contributed by atoms with van der Waals surface area (Å²) in [6, 6.07) is 0. The number of allylic oxidation sites excluding steroid dienone is 3. The van der Waals surface area contributed by atoms with E-state index in [1.165, 1.54) is 5.57 Å². The predicted molar refractivity (Wildman–Crippen MR) is 71.2 cm³/mol. The van der Waals surface area contributed by atoms with Crippen LogP contribution in [0, 0.1) is 0 Å². The van der Waals surface area contributed by atoms with E-state index >= 15 is 0 Å². The van der Waals surface area contributed by atoms with Gasteiger partial charge in [0.25, 0.3) is 0 Å². The average Bonchev–Trinajstić information content (AvgIpc) is 2.17. The Morgan fingerprint density at radius 3 is 2.00 bits per heavy atom. The summed E-state index contributed by atoms with van der Waals surface area (Å²) in [4.78, 5) is 0. The van der Waals surface area contributed by atoms with Gasteiger partial charge in [-0.2, -0.15) is 0 Å². The molecule has 1 heterocycles. The molecule has 0 N–H and O–H groups in total. The lowest BCUT2D eigenvalue weighted by atomic mass is 10.2. The van der Waals surface area contributed by atoms with Gasteiger partial charge >= 0.3 is 0 Å². The second kappa shape index (κ2) is 4.48. The summed E-state index contributed by atoms with van der Waals surface area (Å²) < 4.78 is 0. The first kappa shape index (κ1) is 11.8. The highest BCUT2D eigenvalue weighted by Crippen LogP contribution is 2.26. The minimum absolute atomic E-state index is 0.656. The number of hydrogen-bond donors (Lipinski definition) is 0. The van der Waals surface area contributed by atoms with E-state index in [4.69, 9.17) is 0 Å². The summed E-state index contributed by atoms with van der Waals surface area (Å²) in [6.45, 7) is 11.6. The Balaban J connectivity index is 3.12. The maximum atomic E-state index is 2.49. The molecule has 0 aliphatic carbocycles. The van der Waals surface area contributed by atoms with Gasteiger partial charge in [-0.1, -0.05) is 16.5 Å². The molecule has 1 aliphatic rings. The Kier molecular flexibility index (Phi) is 3.77. The van der Waals surface area contributed by atoms with E-state index in [2.05, 4.69) is 57.5 Å². The van der Waals surface area contributed by atoms with Gasteiger partial charge in [-0.15, -0.1) is 0 Å². The minimum atomic E-state index is -0.656. The van der Waals surface area contributed by atoms with Crippen molar-refractivity contribution >= 4 is 15.0 Å². The molecular weight excluding hydrogens is 188 g/mol. The Hall–Kier alpha value is -0.300. The lowest BCUT2D eigenvalue weighted by molar-refractivity contribution is 1.03. The van der Waals surface area contributed by atoms with Crippen molar-refractivity contribution < 1.29 is 0 Å². The minimum Gasteiger partial charge on any atom is -0.0947 e. The third-order valence-corrected chi connectivity index (χ3v) is 7.56. The van der Waals surface area contributed by atoms with Crippen molar-refractivity contribution in [2.24, 2.45) is 0 Å². The van der Waals surface area contributed by atoms with E-state index in [-0.39, 0.29) is 0 Å². The Labute approximate surface area is 90.0 Å². The molecule has 0 saturated carbocycles. The average molecular weight is 211 g/mol.